The summed E-state index contributed by atoms with van der Waals surface area (Å²) in [7, 11) is -0.612. The normalized spacial score (nSPS) is 12.6. The summed E-state index contributed by atoms with van der Waals surface area (Å²) < 4.78 is 25.8. The molecule has 0 heterocycles. The van der Waals surface area contributed by atoms with Crippen molar-refractivity contribution in [2.45, 2.75) is 37.6 Å². The Balaban J connectivity index is 2.19. The standard InChI is InChI=1S/C20H27N3O3S/c1-5-9-18(16-10-7-6-8-11-16)21-20(24)22-19-14-17(13-12-15(19)2)27(25,26)23(3)4/h6-8,10-14,18H,5,9H2,1-4H3,(H2,21,22,24). The summed E-state index contributed by atoms with van der Waals surface area (Å²) in [5.41, 5.74) is 2.29. The van der Waals surface area contributed by atoms with E-state index in [1.807, 2.05) is 37.3 Å². The zero-order valence-corrected chi connectivity index (χ0v) is 17.0. The van der Waals surface area contributed by atoms with E-state index in [9.17, 15) is 13.2 Å². The molecule has 0 aliphatic heterocycles. The van der Waals surface area contributed by atoms with Crippen LogP contribution in [0.25, 0.3) is 0 Å². The number of urea groups is 1. The number of hydrogen-bond acceptors (Lipinski definition) is 3. The SMILES string of the molecule is CCCC(NC(=O)Nc1cc(S(=O)(=O)N(C)C)ccc1C)c1ccccc1. The average Bonchev–Trinajstić information content (AvgIpc) is 2.63. The lowest BCUT2D eigenvalue weighted by Gasteiger charge is -2.20. The van der Waals surface area contributed by atoms with Crippen LogP contribution in [-0.2, 0) is 10.0 Å². The maximum atomic E-state index is 12.5. The van der Waals surface area contributed by atoms with Gasteiger partial charge in [-0.05, 0) is 36.6 Å². The molecule has 2 amide bonds. The van der Waals surface area contributed by atoms with Gasteiger partial charge in [0, 0.05) is 19.8 Å². The van der Waals surface area contributed by atoms with Crippen molar-refractivity contribution in [3.63, 3.8) is 0 Å². The molecule has 0 spiro atoms. The van der Waals surface area contributed by atoms with Crippen LogP contribution in [-0.4, -0.2) is 32.8 Å². The Morgan fingerprint density at radius 2 is 1.78 bits per heavy atom. The Bertz CT molecular complexity index is 881. The highest BCUT2D eigenvalue weighted by atomic mass is 32.2. The summed E-state index contributed by atoms with van der Waals surface area (Å²) in [6, 6.07) is 14.0. The predicted molar refractivity (Wildman–Crippen MR) is 108 cm³/mol. The van der Waals surface area contributed by atoms with E-state index in [4.69, 9.17) is 0 Å². The maximum Gasteiger partial charge on any atom is 0.319 e. The van der Waals surface area contributed by atoms with Crippen LogP contribution in [0.1, 0.15) is 36.9 Å². The zero-order valence-electron chi connectivity index (χ0n) is 16.2. The van der Waals surface area contributed by atoms with Gasteiger partial charge in [-0.3, -0.25) is 0 Å². The molecule has 0 saturated carbocycles. The molecule has 2 rings (SSSR count). The lowest BCUT2D eigenvalue weighted by Crippen LogP contribution is -2.33. The molecule has 1 atom stereocenters. The number of amides is 2. The second kappa shape index (κ2) is 9.01. The largest absolute Gasteiger partial charge is 0.331 e. The molecule has 2 aromatic rings. The van der Waals surface area contributed by atoms with Gasteiger partial charge in [-0.1, -0.05) is 49.7 Å². The number of carbonyl (C=O) groups is 1. The summed E-state index contributed by atoms with van der Waals surface area (Å²) in [6.45, 7) is 3.89. The molecule has 2 N–H and O–H groups in total. The minimum atomic E-state index is -3.56. The Hall–Kier alpha value is -2.38. The van der Waals surface area contributed by atoms with Crippen molar-refractivity contribution in [2.24, 2.45) is 0 Å². The van der Waals surface area contributed by atoms with Crippen molar-refractivity contribution >= 4 is 21.7 Å². The van der Waals surface area contributed by atoms with Crippen LogP contribution < -0.4 is 10.6 Å². The smallest absolute Gasteiger partial charge is 0.319 e. The van der Waals surface area contributed by atoms with Crippen molar-refractivity contribution in [3.05, 3.63) is 59.7 Å². The topological polar surface area (TPSA) is 78.5 Å². The molecule has 0 aromatic heterocycles. The molecule has 0 fully saturated rings. The summed E-state index contributed by atoms with van der Waals surface area (Å²) in [6.07, 6.45) is 1.74. The van der Waals surface area contributed by atoms with Crippen LogP contribution in [0.5, 0.6) is 0 Å². The van der Waals surface area contributed by atoms with Gasteiger partial charge in [-0.15, -0.1) is 0 Å². The molecule has 27 heavy (non-hydrogen) atoms. The van der Waals surface area contributed by atoms with Gasteiger partial charge in [0.05, 0.1) is 10.9 Å². The van der Waals surface area contributed by atoms with Gasteiger partial charge in [0.25, 0.3) is 0 Å². The Labute approximate surface area is 161 Å². The number of sulfonamides is 1. The highest BCUT2D eigenvalue weighted by molar-refractivity contribution is 7.89. The number of nitrogens with zero attached hydrogens (tertiary/aromatic N) is 1. The first-order chi connectivity index (χ1) is 12.8. The van der Waals surface area contributed by atoms with E-state index in [0.717, 1.165) is 28.3 Å². The van der Waals surface area contributed by atoms with Gasteiger partial charge in [-0.2, -0.15) is 0 Å². The molecule has 1 unspecified atom stereocenters. The van der Waals surface area contributed by atoms with Crippen LogP contribution in [0.3, 0.4) is 0 Å². The quantitative estimate of drug-likeness (QED) is 0.754. The second-order valence-corrected chi connectivity index (χ2v) is 8.77. The van der Waals surface area contributed by atoms with Crippen molar-refractivity contribution < 1.29 is 13.2 Å². The van der Waals surface area contributed by atoms with Gasteiger partial charge in [0.2, 0.25) is 10.0 Å². The van der Waals surface area contributed by atoms with Crippen LogP contribution in [0.4, 0.5) is 10.5 Å². The minimum Gasteiger partial charge on any atom is -0.331 e. The molecule has 0 radical (unpaired) electrons. The minimum absolute atomic E-state index is 0.106. The highest BCUT2D eigenvalue weighted by Gasteiger charge is 2.19. The van der Waals surface area contributed by atoms with Crippen molar-refractivity contribution in [1.29, 1.82) is 0 Å². The van der Waals surface area contributed by atoms with E-state index in [-0.39, 0.29) is 17.0 Å². The Morgan fingerprint density at radius 1 is 1.11 bits per heavy atom. The van der Waals surface area contributed by atoms with Crippen LogP contribution >= 0.6 is 0 Å². The van der Waals surface area contributed by atoms with E-state index in [1.54, 1.807) is 6.07 Å². The molecule has 146 valence electrons. The van der Waals surface area contributed by atoms with Gasteiger partial charge in [0.1, 0.15) is 0 Å². The summed E-state index contributed by atoms with van der Waals surface area (Å²) >= 11 is 0. The van der Waals surface area contributed by atoms with E-state index in [1.165, 1.54) is 26.2 Å². The third kappa shape index (κ3) is 5.30. The molecular formula is C20H27N3O3S. The van der Waals surface area contributed by atoms with E-state index < -0.39 is 10.0 Å². The first-order valence-corrected chi connectivity index (χ1v) is 10.4. The molecular weight excluding hydrogens is 362 g/mol. The summed E-state index contributed by atoms with van der Waals surface area (Å²) in [4.78, 5) is 12.7. The number of anilines is 1. The monoisotopic (exact) mass is 389 g/mol. The summed E-state index contributed by atoms with van der Waals surface area (Å²) in [5.74, 6) is 0. The van der Waals surface area contributed by atoms with Crippen molar-refractivity contribution in [2.75, 3.05) is 19.4 Å². The third-order valence-electron chi connectivity index (χ3n) is 4.32. The fraction of sp³-hybridized carbons (Fsp3) is 0.350. The van der Waals surface area contributed by atoms with Crippen LogP contribution in [0.15, 0.2) is 53.4 Å². The Kier molecular flexibility index (Phi) is 6.98. The highest BCUT2D eigenvalue weighted by Crippen LogP contribution is 2.23. The number of carbonyl (C=O) groups excluding carboxylic acids is 1. The molecule has 7 heteroatoms. The van der Waals surface area contributed by atoms with Crippen molar-refractivity contribution in [1.82, 2.24) is 9.62 Å². The first kappa shape index (κ1) is 20.9. The molecule has 0 aliphatic rings. The van der Waals surface area contributed by atoms with E-state index >= 15 is 0 Å². The fourth-order valence-corrected chi connectivity index (χ4v) is 3.65. The first-order valence-electron chi connectivity index (χ1n) is 8.91. The number of aryl methyl sites for hydroxylation is 1. The predicted octanol–water partition coefficient (Wildman–Crippen LogP) is 3.91. The third-order valence-corrected chi connectivity index (χ3v) is 6.13. The molecule has 6 nitrogen and oxygen atoms in total. The number of hydrogen-bond donors (Lipinski definition) is 2. The van der Waals surface area contributed by atoms with Crippen LogP contribution in [0.2, 0.25) is 0 Å². The van der Waals surface area contributed by atoms with E-state index in [2.05, 4.69) is 17.6 Å². The lowest BCUT2D eigenvalue weighted by molar-refractivity contribution is 0.247. The molecule has 0 saturated heterocycles. The molecule has 2 aromatic carbocycles. The van der Waals surface area contributed by atoms with Crippen molar-refractivity contribution in [3.8, 4) is 0 Å². The van der Waals surface area contributed by atoms with Gasteiger partial charge in [-0.25, -0.2) is 17.5 Å². The Morgan fingerprint density at radius 3 is 2.37 bits per heavy atom. The van der Waals surface area contributed by atoms with Crippen LogP contribution in [0, 0.1) is 6.92 Å². The number of benzene rings is 2. The number of rotatable bonds is 7. The second-order valence-electron chi connectivity index (χ2n) is 6.61. The summed E-state index contributed by atoms with van der Waals surface area (Å²) in [5, 5.41) is 5.77. The van der Waals surface area contributed by atoms with E-state index in [0.29, 0.717) is 5.69 Å². The fourth-order valence-electron chi connectivity index (χ4n) is 2.72. The zero-order chi connectivity index (χ0) is 20.0. The number of nitrogens with one attached hydrogen (secondary N) is 2. The van der Waals surface area contributed by atoms with Gasteiger partial charge >= 0.3 is 6.03 Å². The molecule has 0 aliphatic carbocycles. The molecule has 0 bridgehead atoms. The maximum absolute atomic E-state index is 12.5. The lowest BCUT2D eigenvalue weighted by atomic mass is 10.0. The average molecular weight is 390 g/mol. The van der Waals surface area contributed by atoms with Gasteiger partial charge < -0.3 is 10.6 Å². The van der Waals surface area contributed by atoms with Gasteiger partial charge in [0.15, 0.2) is 0 Å².